The lowest BCUT2D eigenvalue weighted by Crippen LogP contribution is -1.88. The first-order chi connectivity index (χ1) is 12.4. The van der Waals surface area contributed by atoms with Crippen molar-refractivity contribution in [1.82, 2.24) is 24.6 Å². The van der Waals surface area contributed by atoms with E-state index >= 15 is 0 Å². The van der Waals surface area contributed by atoms with Crippen LogP contribution in [-0.2, 0) is 0 Å². The molecule has 5 nitrogen and oxygen atoms in total. The fourth-order valence-corrected chi connectivity index (χ4v) is 2.91. The summed E-state index contributed by atoms with van der Waals surface area (Å²) >= 11 is 0. The quantitative estimate of drug-likeness (QED) is 0.493. The molecule has 0 spiro atoms. The Bertz CT molecular complexity index is 1250. The molecule has 0 aliphatic heterocycles. The van der Waals surface area contributed by atoms with E-state index in [4.69, 9.17) is 0 Å². The van der Waals surface area contributed by atoms with E-state index in [-0.39, 0.29) is 0 Å². The molecule has 0 saturated carbocycles. The Morgan fingerprint density at radius 2 is 1.76 bits per heavy atom. The number of rotatable bonds is 2. The number of para-hydroxylation sites is 1. The number of nitrogens with zero attached hydrogens (tertiary/aromatic N) is 5. The van der Waals surface area contributed by atoms with Crippen LogP contribution in [0.25, 0.3) is 39.6 Å². The van der Waals surface area contributed by atoms with Crippen LogP contribution in [-0.4, -0.2) is 24.6 Å². The second-order valence-corrected chi connectivity index (χ2v) is 5.75. The second-order valence-electron chi connectivity index (χ2n) is 5.75. The molecule has 5 aromatic rings. The van der Waals surface area contributed by atoms with Crippen molar-refractivity contribution in [3.8, 4) is 0 Å². The first kappa shape index (κ1) is 13.8. The van der Waals surface area contributed by atoms with Crippen molar-refractivity contribution in [2.24, 2.45) is 0 Å². The van der Waals surface area contributed by atoms with Crippen LogP contribution in [0.15, 0.2) is 67.0 Å². The minimum Gasteiger partial charge on any atom is -0.256 e. The number of pyridine rings is 3. The third kappa shape index (κ3) is 2.42. The van der Waals surface area contributed by atoms with E-state index in [0.717, 1.165) is 33.1 Å². The van der Waals surface area contributed by atoms with Crippen LogP contribution in [0.3, 0.4) is 0 Å². The molecule has 25 heavy (non-hydrogen) atoms. The highest BCUT2D eigenvalue weighted by Crippen LogP contribution is 2.17. The summed E-state index contributed by atoms with van der Waals surface area (Å²) in [6.07, 6.45) is 7.47. The number of aromatic nitrogens is 5. The first-order valence-corrected chi connectivity index (χ1v) is 8.01. The lowest BCUT2D eigenvalue weighted by atomic mass is 10.2. The summed E-state index contributed by atoms with van der Waals surface area (Å²) < 4.78 is 1.78. The zero-order valence-corrected chi connectivity index (χ0v) is 13.2. The predicted molar refractivity (Wildman–Crippen MR) is 99.0 cm³/mol. The minimum atomic E-state index is 0.645. The van der Waals surface area contributed by atoms with Gasteiger partial charge in [0.15, 0.2) is 11.5 Å². The van der Waals surface area contributed by atoms with Crippen LogP contribution in [0.2, 0.25) is 0 Å². The summed E-state index contributed by atoms with van der Waals surface area (Å²) in [7, 11) is 0. The van der Waals surface area contributed by atoms with Gasteiger partial charge in [0.25, 0.3) is 0 Å². The average Bonchev–Trinajstić information content (AvgIpc) is 3.10. The van der Waals surface area contributed by atoms with Gasteiger partial charge in [-0.25, -0.2) is 14.5 Å². The Hall–Kier alpha value is -3.60. The first-order valence-electron chi connectivity index (χ1n) is 8.01. The number of benzene rings is 1. The van der Waals surface area contributed by atoms with Crippen LogP contribution in [0.5, 0.6) is 0 Å². The van der Waals surface area contributed by atoms with Gasteiger partial charge in [-0.05, 0) is 42.5 Å². The highest BCUT2D eigenvalue weighted by Gasteiger charge is 2.05. The monoisotopic (exact) mass is 323 g/mol. The summed E-state index contributed by atoms with van der Waals surface area (Å²) in [5.74, 6) is 0.645. The largest absolute Gasteiger partial charge is 0.256 e. The molecule has 118 valence electrons. The maximum absolute atomic E-state index is 4.63. The number of hydrogen-bond acceptors (Lipinski definition) is 4. The highest BCUT2D eigenvalue weighted by molar-refractivity contribution is 5.91. The number of fused-ring (bicyclic) bond motifs is 4. The zero-order valence-electron chi connectivity index (χ0n) is 13.2. The molecule has 0 aliphatic carbocycles. The SMILES string of the molecule is C(=Cc1nc2c3cccnc3ccn2n1)c1ccc2ccccc2n1. The molecule has 0 aliphatic rings. The fourth-order valence-electron chi connectivity index (χ4n) is 2.91. The molecule has 5 heteroatoms. The van der Waals surface area contributed by atoms with E-state index in [1.54, 1.807) is 10.7 Å². The zero-order chi connectivity index (χ0) is 16.6. The van der Waals surface area contributed by atoms with E-state index in [9.17, 15) is 0 Å². The van der Waals surface area contributed by atoms with Gasteiger partial charge >= 0.3 is 0 Å². The molecule has 0 fully saturated rings. The van der Waals surface area contributed by atoms with E-state index in [1.807, 2.05) is 60.8 Å². The van der Waals surface area contributed by atoms with Gasteiger partial charge < -0.3 is 0 Å². The molecule has 4 aromatic heterocycles. The molecule has 1 aromatic carbocycles. The Morgan fingerprint density at radius 3 is 2.76 bits per heavy atom. The molecule has 5 rings (SSSR count). The van der Waals surface area contributed by atoms with Crippen LogP contribution in [0.1, 0.15) is 11.5 Å². The average molecular weight is 323 g/mol. The summed E-state index contributed by atoms with van der Waals surface area (Å²) in [4.78, 5) is 13.6. The van der Waals surface area contributed by atoms with Crippen LogP contribution in [0.4, 0.5) is 0 Å². The maximum atomic E-state index is 4.63. The summed E-state index contributed by atoms with van der Waals surface area (Å²) in [6, 6.07) is 18.0. The maximum Gasteiger partial charge on any atom is 0.175 e. The van der Waals surface area contributed by atoms with Crippen molar-refractivity contribution in [2.75, 3.05) is 0 Å². The normalized spacial score (nSPS) is 11.8. The van der Waals surface area contributed by atoms with E-state index in [2.05, 4.69) is 32.2 Å². The third-order valence-corrected chi connectivity index (χ3v) is 4.12. The van der Waals surface area contributed by atoms with Crippen LogP contribution < -0.4 is 0 Å². The van der Waals surface area contributed by atoms with E-state index in [0.29, 0.717) is 5.82 Å². The van der Waals surface area contributed by atoms with E-state index in [1.165, 1.54) is 0 Å². The Kier molecular flexibility index (Phi) is 3.03. The van der Waals surface area contributed by atoms with E-state index < -0.39 is 0 Å². The smallest absolute Gasteiger partial charge is 0.175 e. The second kappa shape index (κ2) is 5.49. The molecule has 0 bridgehead atoms. The molecular weight excluding hydrogens is 310 g/mol. The standard InChI is InChI=1S/C20H13N5/c1-2-6-17-14(4-1)7-8-15(22-17)9-10-19-23-20-16-5-3-12-21-18(16)11-13-25(20)24-19/h1-13H. The van der Waals surface area contributed by atoms with Gasteiger partial charge in [0.1, 0.15) is 0 Å². The molecule has 0 amide bonds. The fraction of sp³-hybridized carbons (Fsp3) is 0. The highest BCUT2D eigenvalue weighted by atomic mass is 15.3. The van der Waals surface area contributed by atoms with Crippen molar-refractivity contribution in [3.63, 3.8) is 0 Å². The molecule has 0 N–H and O–H groups in total. The summed E-state index contributed by atoms with van der Waals surface area (Å²) in [6.45, 7) is 0. The molecular formula is C20H13N5. The van der Waals surface area contributed by atoms with Gasteiger partial charge in [-0.15, -0.1) is 5.10 Å². The van der Waals surface area contributed by atoms with Gasteiger partial charge in [-0.1, -0.05) is 24.3 Å². The Balaban J connectivity index is 1.56. The Labute approximate surface area is 143 Å². The minimum absolute atomic E-state index is 0.645. The van der Waals surface area contributed by atoms with Crippen molar-refractivity contribution < 1.29 is 0 Å². The van der Waals surface area contributed by atoms with Gasteiger partial charge in [-0.2, -0.15) is 0 Å². The van der Waals surface area contributed by atoms with Crippen molar-refractivity contribution >= 4 is 39.6 Å². The molecule has 0 unspecified atom stereocenters. The Morgan fingerprint density at radius 1 is 0.800 bits per heavy atom. The van der Waals surface area contributed by atoms with Gasteiger partial charge in [0.05, 0.1) is 16.7 Å². The molecule has 0 radical (unpaired) electrons. The predicted octanol–water partition coefficient (Wildman–Crippen LogP) is 4.00. The lowest BCUT2D eigenvalue weighted by Gasteiger charge is -1.97. The molecule has 0 saturated heterocycles. The van der Waals surface area contributed by atoms with Crippen molar-refractivity contribution in [3.05, 3.63) is 78.5 Å². The molecule has 4 heterocycles. The summed E-state index contributed by atoms with van der Waals surface area (Å²) in [5, 5.41) is 6.62. The summed E-state index contributed by atoms with van der Waals surface area (Å²) in [5.41, 5.74) is 3.57. The third-order valence-electron chi connectivity index (χ3n) is 4.12. The van der Waals surface area contributed by atoms with Crippen LogP contribution in [0, 0.1) is 0 Å². The topological polar surface area (TPSA) is 56.0 Å². The van der Waals surface area contributed by atoms with Crippen LogP contribution >= 0.6 is 0 Å². The van der Waals surface area contributed by atoms with Crippen molar-refractivity contribution in [2.45, 2.75) is 0 Å². The van der Waals surface area contributed by atoms with Crippen molar-refractivity contribution in [1.29, 1.82) is 0 Å². The number of hydrogen-bond donors (Lipinski definition) is 0. The molecule has 0 atom stereocenters. The lowest BCUT2D eigenvalue weighted by molar-refractivity contribution is 0.958. The van der Waals surface area contributed by atoms with Gasteiger partial charge in [0, 0.05) is 23.2 Å². The van der Waals surface area contributed by atoms with Gasteiger partial charge in [-0.3, -0.25) is 4.98 Å². The van der Waals surface area contributed by atoms with Gasteiger partial charge in [0.2, 0.25) is 0 Å².